The van der Waals surface area contributed by atoms with Gasteiger partial charge in [0.2, 0.25) is 0 Å². The zero-order valence-corrected chi connectivity index (χ0v) is 9.59. The summed E-state index contributed by atoms with van der Waals surface area (Å²) >= 11 is 0. The van der Waals surface area contributed by atoms with Gasteiger partial charge in [0.1, 0.15) is 6.29 Å². The van der Waals surface area contributed by atoms with Crippen molar-refractivity contribution < 1.29 is 14.3 Å². The summed E-state index contributed by atoms with van der Waals surface area (Å²) in [7, 11) is 0. The van der Waals surface area contributed by atoms with Crippen molar-refractivity contribution in [3.63, 3.8) is 0 Å². The zero-order chi connectivity index (χ0) is 11.5. The first kappa shape index (κ1) is 11.4. The number of esters is 1. The van der Waals surface area contributed by atoms with E-state index in [9.17, 15) is 9.59 Å². The summed E-state index contributed by atoms with van der Waals surface area (Å²) in [6.07, 6.45) is 8.05. The standard InChI is InChI=1S/C13H18O3/c1-2-16-13(15)11-7-9-5-3-4-6-10(11)12(9)8-14/h4,6,8-12H,2-3,5,7H2,1H3/t9-,10-,11-,12-/m1/s1. The summed E-state index contributed by atoms with van der Waals surface area (Å²) in [5.74, 6) is 0.231. The van der Waals surface area contributed by atoms with Gasteiger partial charge in [0.25, 0.3) is 0 Å². The second-order valence-electron chi connectivity index (χ2n) is 4.65. The van der Waals surface area contributed by atoms with E-state index in [4.69, 9.17) is 4.74 Å². The van der Waals surface area contributed by atoms with Crippen LogP contribution in [-0.4, -0.2) is 18.9 Å². The van der Waals surface area contributed by atoms with Gasteiger partial charge in [-0.3, -0.25) is 4.79 Å². The molecule has 1 saturated carbocycles. The number of allylic oxidation sites excluding steroid dienone is 2. The Morgan fingerprint density at radius 1 is 1.56 bits per heavy atom. The molecule has 2 aliphatic carbocycles. The fourth-order valence-corrected chi connectivity index (χ4v) is 3.06. The minimum atomic E-state index is -0.131. The van der Waals surface area contributed by atoms with Crippen LogP contribution in [0.15, 0.2) is 12.2 Å². The first-order valence-corrected chi connectivity index (χ1v) is 6.06. The first-order chi connectivity index (χ1) is 7.77. The van der Waals surface area contributed by atoms with Crippen molar-refractivity contribution in [3.8, 4) is 0 Å². The Balaban J connectivity index is 2.17. The molecule has 0 amide bonds. The highest BCUT2D eigenvalue weighted by Gasteiger charge is 2.46. The van der Waals surface area contributed by atoms with E-state index >= 15 is 0 Å². The fourth-order valence-electron chi connectivity index (χ4n) is 3.06. The molecule has 16 heavy (non-hydrogen) atoms. The third-order valence-corrected chi connectivity index (χ3v) is 3.82. The number of carbonyl (C=O) groups is 2. The Hall–Kier alpha value is -1.12. The van der Waals surface area contributed by atoms with Crippen LogP contribution >= 0.6 is 0 Å². The smallest absolute Gasteiger partial charge is 0.309 e. The van der Waals surface area contributed by atoms with E-state index in [1.807, 2.05) is 13.0 Å². The molecule has 0 aromatic heterocycles. The van der Waals surface area contributed by atoms with Crippen molar-refractivity contribution in [3.05, 3.63) is 12.2 Å². The van der Waals surface area contributed by atoms with Gasteiger partial charge in [0, 0.05) is 5.92 Å². The largest absolute Gasteiger partial charge is 0.466 e. The van der Waals surface area contributed by atoms with Crippen LogP contribution in [0.2, 0.25) is 0 Å². The van der Waals surface area contributed by atoms with Gasteiger partial charge in [-0.25, -0.2) is 0 Å². The van der Waals surface area contributed by atoms with Gasteiger partial charge < -0.3 is 9.53 Å². The Kier molecular flexibility index (Phi) is 3.42. The maximum atomic E-state index is 11.8. The van der Waals surface area contributed by atoms with Crippen LogP contribution in [0.25, 0.3) is 0 Å². The van der Waals surface area contributed by atoms with E-state index < -0.39 is 0 Å². The zero-order valence-electron chi connectivity index (χ0n) is 9.59. The molecule has 0 heterocycles. The topological polar surface area (TPSA) is 43.4 Å². The average Bonchev–Trinajstić information content (AvgIpc) is 2.46. The lowest BCUT2D eigenvalue weighted by atomic mass is 9.88. The second-order valence-corrected chi connectivity index (χ2v) is 4.65. The maximum absolute atomic E-state index is 11.8. The van der Waals surface area contributed by atoms with Crippen molar-refractivity contribution in [1.29, 1.82) is 0 Å². The van der Waals surface area contributed by atoms with Crippen LogP contribution < -0.4 is 0 Å². The van der Waals surface area contributed by atoms with E-state index in [-0.39, 0.29) is 23.7 Å². The quantitative estimate of drug-likeness (QED) is 0.416. The molecule has 2 rings (SSSR count). The summed E-state index contributed by atoms with van der Waals surface area (Å²) in [5.41, 5.74) is 0. The minimum absolute atomic E-state index is 0.0214. The molecule has 88 valence electrons. The van der Waals surface area contributed by atoms with Crippen molar-refractivity contribution in [2.45, 2.75) is 26.2 Å². The molecule has 3 nitrogen and oxygen atoms in total. The Bertz CT molecular complexity index is 308. The lowest BCUT2D eigenvalue weighted by molar-refractivity contribution is -0.148. The Morgan fingerprint density at radius 2 is 2.38 bits per heavy atom. The van der Waals surface area contributed by atoms with Crippen LogP contribution in [0, 0.1) is 23.7 Å². The summed E-state index contributed by atoms with van der Waals surface area (Å²) in [5, 5.41) is 0. The van der Waals surface area contributed by atoms with E-state index in [0.717, 1.165) is 25.5 Å². The van der Waals surface area contributed by atoms with Gasteiger partial charge in [-0.05, 0) is 38.0 Å². The normalized spacial score (nSPS) is 36.8. The number of aldehydes is 1. The van der Waals surface area contributed by atoms with E-state index in [2.05, 4.69) is 6.08 Å². The second kappa shape index (κ2) is 4.81. The third kappa shape index (κ3) is 1.91. The number of fused-ring (bicyclic) bond motifs is 2. The monoisotopic (exact) mass is 222 g/mol. The molecular formula is C13H18O3. The molecule has 0 spiro atoms. The highest BCUT2D eigenvalue weighted by molar-refractivity contribution is 5.75. The summed E-state index contributed by atoms with van der Waals surface area (Å²) < 4.78 is 5.08. The molecule has 0 saturated heterocycles. The molecule has 0 aromatic rings. The highest BCUT2D eigenvalue weighted by atomic mass is 16.5. The molecule has 3 heteroatoms. The van der Waals surface area contributed by atoms with Crippen molar-refractivity contribution in [1.82, 2.24) is 0 Å². The summed E-state index contributed by atoms with van der Waals surface area (Å²) in [6, 6.07) is 0. The van der Waals surface area contributed by atoms with Crippen molar-refractivity contribution >= 4 is 12.3 Å². The lowest BCUT2D eigenvalue weighted by Crippen LogP contribution is -2.23. The molecule has 0 unspecified atom stereocenters. The number of ether oxygens (including phenoxy) is 1. The van der Waals surface area contributed by atoms with Crippen molar-refractivity contribution in [2.75, 3.05) is 6.61 Å². The summed E-state index contributed by atoms with van der Waals surface area (Å²) in [6.45, 7) is 2.24. The van der Waals surface area contributed by atoms with Gasteiger partial charge in [-0.1, -0.05) is 12.2 Å². The molecule has 0 radical (unpaired) electrons. The van der Waals surface area contributed by atoms with Gasteiger partial charge >= 0.3 is 5.97 Å². The lowest BCUT2D eigenvalue weighted by Gasteiger charge is -2.16. The third-order valence-electron chi connectivity index (χ3n) is 3.82. The first-order valence-electron chi connectivity index (χ1n) is 6.06. The molecule has 0 aromatic carbocycles. The fraction of sp³-hybridized carbons (Fsp3) is 0.692. The number of hydrogen-bond donors (Lipinski definition) is 0. The molecule has 4 atom stereocenters. The molecule has 0 aliphatic heterocycles. The predicted molar refractivity (Wildman–Crippen MR) is 59.6 cm³/mol. The highest BCUT2D eigenvalue weighted by Crippen LogP contribution is 2.45. The van der Waals surface area contributed by atoms with Crippen LogP contribution in [0.4, 0.5) is 0 Å². The average molecular weight is 222 g/mol. The van der Waals surface area contributed by atoms with Crippen molar-refractivity contribution in [2.24, 2.45) is 23.7 Å². The molecule has 2 aliphatic rings. The minimum Gasteiger partial charge on any atom is -0.466 e. The predicted octanol–water partition coefficient (Wildman–Crippen LogP) is 1.97. The van der Waals surface area contributed by atoms with E-state index in [1.54, 1.807) is 0 Å². The Morgan fingerprint density at radius 3 is 3.06 bits per heavy atom. The molecule has 1 fully saturated rings. The maximum Gasteiger partial charge on any atom is 0.309 e. The van der Waals surface area contributed by atoms with Crippen LogP contribution in [0.3, 0.4) is 0 Å². The van der Waals surface area contributed by atoms with Crippen LogP contribution in [0.1, 0.15) is 26.2 Å². The number of hydrogen-bond acceptors (Lipinski definition) is 3. The molecule has 2 bridgehead atoms. The number of rotatable bonds is 3. The SMILES string of the molecule is CCOC(=O)[C@@H]1C[C@H]2CCC=C[C@H]1[C@@H]2C=O. The van der Waals surface area contributed by atoms with Crippen LogP contribution in [0.5, 0.6) is 0 Å². The molecular weight excluding hydrogens is 204 g/mol. The summed E-state index contributed by atoms with van der Waals surface area (Å²) in [4.78, 5) is 22.9. The number of carbonyl (C=O) groups excluding carboxylic acids is 2. The molecule has 0 N–H and O–H groups in total. The van der Waals surface area contributed by atoms with Crippen LogP contribution in [-0.2, 0) is 14.3 Å². The van der Waals surface area contributed by atoms with E-state index in [0.29, 0.717) is 12.5 Å². The van der Waals surface area contributed by atoms with Gasteiger partial charge in [0.15, 0.2) is 0 Å². The van der Waals surface area contributed by atoms with Gasteiger partial charge in [-0.2, -0.15) is 0 Å². The Labute approximate surface area is 95.9 Å². The van der Waals surface area contributed by atoms with Gasteiger partial charge in [-0.15, -0.1) is 0 Å². The van der Waals surface area contributed by atoms with E-state index in [1.165, 1.54) is 0 Å². The van der Waals surface area contributed by atoms with Gasteiger partial charge in [0.05, 0.1) is 12.5 Å².